The van der Waals surface area contributed by atoms with E-state index in [-0.39, 0.29) is 18.2 Å². The summed E-state index contributed by atoms with van der Waals surface area (Å²) in [6.07, 6.45) is 3.54. The van der Waals surface area contributed by atoms with Gasteiger partial charge < -0.3 is 10.6 Å². The van der Waals surface area contributed by atoms with Crippen molar-refractivity contribution in [1.29, 1.82) is 0 Å². The number of anilines is 2. The van der Waals surface area contributed by atoms with Crippen molar-refractivity contribution in [3.63, 3.8) is 0 Å². The van der Waals surface area contributed by atoms with Crippen LogP contribution in [0.4, 0.5) is 11.4 Å². The molecule has 2 N–H and O–H groups in total. The van der Waals surface area contributed by atoms with Gasteiger partial charge in [0, 0.05) is 33.7 Å². The summed E-state index contributed by atoms with van der Waals surface area (Å²) in [6.45, 7) is 0. The van der Waals surface area contributed by atoms with Crippen molar-refractivity contribution in [2.45, 2.75) is 16.6 Å². The van der Waals surface area contributed by atoms with Crippen LogP contribution in [0, 0.1) is 0 Å². The standard InChI is InChI=1S/C27H22ClN3O2S/c28-21-8-6-19(7-9-21)18-25(32)30-22-10-12-24(13-11-22)34-26(20-4-2-1-3-5-20)27(33)31-23-14-16-29-17-15-23/h1-17,26H,18H2,(H,30,32)(H,29,31,33). The molecule has 0 saturated carbocycles. The van der Waals surface area contributed by atoms with Gasteiger partial charge in [0.25, 0.3) is 0 Å². The smallest absolute Gasteiger partial charge is 0.242 e. The van der Waals surface area contributed by atoms with E-state index in [2.05, 4.69) is 15.6 Å². The number of aromatic nitrogens is 1. The second-order valence-corrected chi connectivity index (χ2v) is 9.12. The van der Waals surface area contributed by atoms with Gasteiger partial charge in [-0.3, -0.25) is 14.6 Å². The minimum absolute atomic E-state index is 0.110. The minimum atomic E-state index is -0.445. The first-order valence-corrected chi connectivity index (χ1v) is 11.9. The van der Waals surface area contributed by atoms with Gasteiger partial charge in [-0.1, -0.05) is 54.1 Å². The van der Waals surface area contributed by atoms with Crippen LogP contribution in [0.15, 0.2) is 108 Å². The number of benzene rings is 3. The average molecular weight is 488 g/mol. The lowest BCUT2D eigenvalue weighted by Gasteiger charge is -2.17. The van der Waals surface area contributed by atoms with E-state index in [9.17, 15) is 9.59 Å². The van der Waals surface area contributed by atoms with E-state index in [1.54, 1.807) is 36.7 Å². The molecule has 0 spiro atoms. The van der Waals surface area contributed by atoms with Crippen LogP contribution in [-0.2, 0) is 16.0 Å². The highest BCUT2D eigenvalue weighted by atomic mass is 35.5. The quantitative estimate of drug-likeness (QED) is 0.282. The number of nitrogens with zero attached hydrogens (tertiary/aromatic N) is 1. The molecule has 4 aromatic rings. The average Bonchev–Trinajstić information content (AvgIpc) is 2.86. The molecule has 1 aromatic heterocycles. The van der Waals surface area contributed by atoms with Crippen molar-refractivity contribution in [2.75, 3.05) is 10.6 Å². The van der Waals surface area contributed by atoms with Gasteiger partial charge in [0.1, 0.15) is 5.25 Å². The van der Waals surface area contributed by atoms with E-state index < -0.39 is 5.25 Å². The Morgan fingerprint density at radius 2 is 1.44 bits per heavy atom. The fourth-order valence-electron chi connectivity index (χ4n) is 3.29. The second kappa shape index (κ2) is 11.5. The molecule has 0 bridgehead atoms. The molecule has 0 aliphatic carbocycles. The van der Waals surface area contributed by atoms with Gasteiger partial charge >= 0.3 is 0 Å². The molecule has 3 aromatic carbocycles. The normalized spacial score (nSPS) is 11.4. The lowest BCUT2D eigenvalue weighted by atomic mass is 10.1. The summed E-state index contributed by atoms with van der Waals surface area (Å²) in [5.41, 5.74) is 3.18. The van der Waals surface area contributed by atoms with Gasteiger partial charge in [0.2, 0.25) is 11.8 Å². The summed E-state index contributed by atoms with van der Waals surface area (Å²) in [7, 11) is 0. The summed E-state index contributed by atoms with van der Waals surface area (Å²) in [6, 6.07) is 27.8. The Morgan fingerprint density at radius 1 is 0.794 bits per heavy atom. The number of carbonyl (C=O) groups is 2. The van der Waals surface area contributed by atoms with Gasteiger partial charge in [0.15, 0.2) is 0 Å². The third kappa shape index (κ3) is 6.70. The Kier molecular flexibility index (Phi) is 7.96. The van der Waals surface area contributed by atoms with Gasteiger partial charge in [-0.25, -0.2) is 0 Å². The Labute approximate surface area is 207 Å². The first kappa shape index (κ1) is 23.5. The number of amides is 2. The number of hydrogen-bond acceptors (Lipinski definition) is 4. The summed E-state index contributed by atoms with van der Waals surface area (Å²) < 4.78 is 0. The number of pyridine rings is 1. The molecule has 1 unspecified atom stereocenters. The van der Waals surface area contributed by atoms with Crippen LogP contribution in [0.2, 0.25) is 5.02 Å². The Morgan fingerprint density at radius 3 is 2.12 bits per heavy atom. The zero-order chi connectivity index (χ0) is 23.8. The first-order chi connectivity index (χ1) is 16.6. The van der Waals surface area contributed by atoms with E-state index in [0.29, 0.717) is 16.4 Å². The zero-order valence-corrected chi connectivity index (χ0v) is 19.7. The van der Waals surface area contributed by atoms with Crippen molar-refractivity contribution in [2.24, 2.45) is 0 Å². The van der Waals surface area contributed by atoms with Gasteiger partial charge in [-0.2, -0.15) is 0 Å². The molecular weight excluding hydrogens is 466 g/mol. The molecule has 34 heavy (non-hydrogen) atoms. The highest BCUT2D eigenvalue weighted by Gasteiger charge is 2.22. The third-order valence-electron chi connectivity index (χ3n) is 4.96. The number of rotatable bonds is 8. The molecule has 0 saturated heterocycles. The molecule has 5 nitrogen and oxygen atoms in total. The van der Waals surface area contributed by atoms with Gasteiger partial charge in [-0.15, -0.1) is 11.8 Å². The van der Waals surface area contributed by atoms with Crippen LogP contribution in [0.1, 0.15) is 16.4 Å². The van der Waals surface area contributed by atoms with Crippen LogP contribution < -0.4 is 10.6 Å². The number of hydrogen-bond donors (Lipinski definition) is 2. The van der Waals surface area contributed by atoms with Crippen molar-refractivity contribution in [1.82, 2.24) is 4.98 Å². The van der Waals surface area contributed by atoms with Crippen molar-refractivity contribution in [3.8, 4) is 0 Å². The summed E-state index contributed by atoms with van der Waals surface area (Å²) in [5, 5.41) is 6.06. The highest BCUT2D eigenvalue weighted by Crippen LogP contribution is 2.36. The number of halogens is 1. The van der Waals surface area contributed by atoms with Crippen LogP contribution in [0.3, 0.4) is 0 Å². The minimum Gasteiger partial charge on any atom is -0.326 e. The monoisotopic (exact) mass is 487 g/mol. The molecule has 0 fully saturated rings. The van der Waals surface area contributed by atoms with Crippen molar-refractivity contribution < 1.29 is 9.59 Å². The van der Waals surface area contributed by atoms with Gasteiger partial charge in [0.05, 0.1) is 6.42 Å². The Bertz CT molecular complexity index is 1230. The first-order valence-electron chi connectivity index (χ1n) is 10.6. The molecule has 0 aliphatic rings. The number of thioether (sulfide) groups is 1. The van der Waals surface area contributed by atoms with Crippen LogP contribution in [0.25, 0.3) is 0 Å². The molecule has 7 heteroatoms. The molecule has 1 heterocycles. The van der Waals surface area contributed by atoms with E-state index in [4.69, 9.17) is 11.6 Å². The predicted octanol–water partition coefficient (Wildman–Crippen LogP) is 6.39. The zero-order valence-electron chi connectivity index (χ0n) is 18.1. The Balaban J connectivity index is 1.42. The summed E-state index contributed by atoms with van der Waals surface area (Å²) in [5.74, 6) is -0.232. The van der Waals surface area contributed by atoms with Crippen LogP contribution in [0.5, 0.6) is 0 Å². The second-order valence-electron chi connectivity index (χ2n) is 7.51. The van der Waals surface area contributed by atoms with E-state index in [1.165, 1.54) is 11.8 Å². The Hall–Kier alpha value is -3.61. The van der Waals surface area contributed by atoms with Gasteiger partial charge in [-0.05, 0) is 59.7 Å². The van der Waals surface area contributed by atoms with Crippen molar-refractivity contribution in [3.05, 3.63) is 120 Å². The third-order valence-corrected chi connectivity index (χ3v) is 6.48. The summed E-state index contributed by atoms with van der Waals surface area (Å²) in [4.78, 5) is 30.4. The molecule has 0 radical (unpaired) electrons. The number of carbonyl (C=O) groups excluding carboxylic acids is 2. The number of nitrogens with one attached hydrogen (secondary N) is 2. The van der Waals surface area contributed by atoms with Crippen molar-refractivity contribution >= 4 is 46.6 Å². The highest BCUT2D eigenvalue weighted by molar-refractivity contribution is 8.00. The lowest BCUT2D eigenvalue weighted by Crippen LogP contribution is -2.19. The lowest BCUT2D eigenvalue weighted by molar-refractivity contribution is -0.116. The topological polar surface area (TPSA) is 71.1 Å². The maximum absolute atomic E-state index is 13.1. The largest absolute Gasteiger partial charge is 0.326 e. The molecule has 4 rings (SSSR count). The molecule has 1 atom stereocenters. The molecule has 2 amide bonds. The predicted molar refractivity (Wildman–Crippen MR) is 138 cm³/mol. The SMILES string of the molecule is O=C(Cc1ccc(Cl)cc1)Nc1ccc(SC(C(=O)Nc2ccncc2)c2ccccc2)cc1. The van der Waals surface area contributed by atoms with Crippen LogP contribution >= 0.6 is 23.4 Å². The molecular formula is C27H22ClN3O2S. The van der Waals surface area contributed by atoms with E-state index >= 15 is 0 Å². The maximum atomic E-state index is 13.1. The molecule has 0 aliphatic heterocycles. The fourth-order valence-corrected chi connectivity index (χ4v) is 4.44. The van der Waals surface area contributed by atoms with E-state index in [1.807, 2.05) is 66.7 Å². The fraction of sp³-hybridized carbons (Fsp3) is 0.0741. The summed E-state index contributed by atoms with van der Waals surface area (Å²) >= 11 is 7.35. The van der Waals surface area contributed by atoms with E-state index in [0.717, 1.165) is 16.0 Å². The molecule has 170 valence electrons. The van der Waals surface area contributed by atoms with Crippen LogP contribution in [-0.4, -0.2) is 16.8 Å². The maximum Gasteiger partial charge on any atom is 0.242 e.